The summed E-state index contributed by atoms with van der Waals surface area (Å²) in [7, 11) is 0. The largest absolute Gasteiger partial charge is 0.496 e. The number of aldehydes is 1. The summed E-state index contributed by atoms with van der Waals surface area (Å²) in [6, 6.07) is 4.69. The number of nitrogens with one attached hydrogen (secondary N) is 1. The van der Waals surface area contributed by atoms with Gasteiger partial charge in [-0.05, 0) is 12.1 Å². The summed E-state index contributed by atoms with van der Waals surface area (Å²) in [6.07, 6.45) is 1.41. The second-order valence-electron chi connectivity index (χ2n) is 7.85. The van der Waals surface area contributed by atoms with Crippen molar-refractivity contribution in [3.05, 3.63) is 41.9 Å². The van der Waals surface area contributed by atoms with Crippen LogP contribution in [0.25, 0.3) is 0 Å². The van der Waals surface area contributed by atoms with Gasteiger partial charge in [0.1, 0.15) is 18.0 Å². The van der Waals surface area contributed by atoms with Crippen molar-refractivity contribution < 1.29 is 47.5 Å². The molecule has 12 heteroatoms. The molecule has 0 aromatic carbocycles. The Labute approximate surface area is 231 Å². The summed E-state index contributed by atoms with van der Waals surface area (Å²) in [5.74, 6) is 0.414. The highest BCUT2D eigenvalue weighted by atomic mass is 16.6. The van der Waals surface area contributed by atoms with E-state index in [1.165, 1.54) is 6.07 Å². The van der Waals surface area contributed by atoms with E-state index < -0.39 is 0 Å². The lowest BCUT2D eigenvalue weighted by molar-refractivity contribution is -0.0218. The highest BCUT2D eigenvalue weighted by Crippen LogP contribution is 1.98. The van der Waals surface area contributed by atoms with E-state index in [9.17, 15) is 9.59 Å². The fourth-order valence-electron chi connectivity index (χ4n) is 2.74. The van der Waals surface area contributed by atoms with Crippen LogP contribution in [0.4, 0.5) is 0 Å². The Kier molecular flexibility index (Phi) is 22.9. The van der Waals surface area contributed by atoms with Crippen LogP contribution in [0, 0.1) is 0 Å². The van der Waals surface area contributed by atoms with Gasteiger partial charge in [-0.2, -0.15) is 0 Å². The molecule has 0 unspecified atom stereocenters. The van der Waals surface area contributed by atoms with Crippen LogP contribution in [-0.2, 0) is 37.9 Å². The number of hydrogen-bond donors (Lipinski definition) is 1. The third-order valence-corrected chi connectivity index (χ3v) is 4.82. The Hall–Kier alpha value is -2.45. The zero-order valence-electron chi connectivity index (χ0n) is 23.1. The van der Waals surface area contributed by atoms with Gasteiger partial charge in [0.25, 0.3) is 5.91 Å². The summed E-state index contributed by atoms with van der Waals surface area (Å²) >= 11 is 0. The molecule has 1 heterocycles. The molecule has 1 rings (SSSR count). The predicted octanol–water partition coefficient (Wildman–Crippen LogP) is 1.68. The van der Waals surface area contributed by atoms with Gasteiger partial charge in [-0.1, -0.05) is 19.6 Å². The van der Waals surface area contributed by atoms with Gasteiger partial charge in [0, 0.05) is 13.0 Å². The molecule has 0 fully saturated rings. The molecule has 12 nitrogen and oxygen atoms in total. The number of nitrogens with zero attached hydrogens (tertiary/aromatic N) is 1. The molecule has 39 heavy (non-hydrogen) atoms. The number of carbonyl (C=O) groups excluding carboxylic acids is 2. The Morgan fingerprint density at radius 2 is 1.18 bits per heavy atom. The van der Waals surface area contributed by atoms with Gasteiger partial charge in [-0.25, -0.2) is 4.98 Å². The highest BCUT2D eigenvalue weighted by Gasteiger charge is 2.06. The fourth-order valence-corrected chi connectivity index (χ4v) is 2.74. The molecular formula is C27H44N2O10. The second-order valence-corrected chi connectivity index (χ2v) is 7.85. The Bertz CT molecular complexity index is 766. The minimum absolute atomic E-state index is 0.192. The van der Waals surface area contributed by atoms with E-state index in [4.69, 9.17) is 37.9 Å². The van der Waals surface area contributed by atoms with E-state index in [2.05, 4.69) is 16.9 Å². The first kappa shape index (κ1) is 34.6. The van der Waals surface area contributed by atoms with Gasteiger partial charge in [0.15, 0.2) is 6.29 Å². The van der Waals surface area contributed by atoms with Gasteiger partial charge in [-0.3, -0.25) is 9.59 Å². The maximum atomic E-state index is 11.9. The first-order valence-corrected chi connectivity index (χ1v) is 13.2. The van der Waals surface area contributed by atoms with Crippen LogP contribution < -0.4 is 5.32 Å². The fraction of sp³-hybridized carbons (Fsp3) is 0.667. The maximum Gasteiger partial charge on any atom is 0.269 e. The van der Waals surface area contributed by atoms with Crippen LogP contribution in [0.5, 0.6) is 0 Å². The molecule has 0 saturated carbocycles. The van der Waals surface area contributed by atoms with E-state index in [-0.39, 0.29) is 17.3 Å². The van der Waals surface area contributed by atoms with Crippen LogP contribution in [-0.4, -0.2) is 123 Å². The number of hydrogen-bond acceptors (Lipinski definition) is 11. The van der Waals surface area contributed by atoms with Crippen molar-refractivity contribution in [2.75, 3.05) is 106 Å². The summed E-state index contributed by atoms with van der Waals surface area (Å²) in [6.45, 7) is 13.2. The van der Waals surface area contributed by atoms with Crippen molar-refractivity contribution >= 4 is 12.2 Å². The molecular weight excluding hydrogens is 512 g/mol. The summed E-state index contributed by atoms with van der Waals surface area (Å²) in [5, 5.41) is 2.68. The minimum atomic E-state index is -0.355. The Morgan fingerprint density at radius 3 is 1.62 bits per heavy atom. The third kappa shape index (κ3) is 21.1. The molecule has 1 amide bonds. The molecule has 0 aliphatic carbocycles. The van der Waals surface area contributed by atoms with Crippen LogP contribution in [0.1, 0.15) is 34.3 Å². The van der Waals surface area contributed by atoms with Crippen molar-refractivity contribution in [3.63, 3.8) is 0 Å². The topological polar surface area (TPSA) is 133 Å². The minimum Gasteiger partial charge on any atom is -0.496 e. The lowest BCUT2D eigenvalue weighted by Crippen LogP contribution is -2.28. The third-order valence-electron chi connectivity index (χ3n) is 4.82. The second kappa shape index (κ2) is 25.8. The summed E-state index contributed by atoms with van der Waals surface area (Å²) < 4.78 is 43.3. The van der Waals surface area contributed by atoms with Gasteiger partial charge in [-0.15, -0.1) is 0 Å². The normalized spacial score (nSPS) is 10.9. The number of aromatic nitrogens is 1. The van der Waals surface area contributed by atoms with Crippen molar-refractivity contribution in [1.29, 1.82) is 0 Å². The SMILES string of the molecule is C=C(CC)OCCOCCOCCOCCOCCOCCOCCOCCNC(=O)c1cccc(C=O)n1. The number of carbonyl (C=O) groups is 2. The van der Waals surface area contributed by atoms with E-state index in [0.29, 0.717) is 112 Å². The van der Waals surface area contributed by atoms with E-state index in [1.807, 2.05) is 6.92 Å². The predicted molar refractivity (Wildman–Crippen MR) is 143 cm³/mol. The van der Waals surface area contributed by atoms with Crippen molar-refractivity contribution in [2.45, 2.75) is 13.3 Å². The standard InChI is InChI=1S/C27H44N2O10/c1-3-24(2)39-22-21-38-20-19-37-18-17-36-16-15-35-14-13-34-12-11-33-10-9-32-8-7-28-27(31)26-6-4-5-25(23-30)29-26/h4-6,23H,2-3,7-22H2,1H3,(H,28,31). The summed E-state index contributed by atoms with van der Waals surface area (Å²) in [5.41, 5.74) is 0.406. The molecule has 0 aliphatic heterocycles. The van der Waals surface area contributed by atoms with E-state index in [0.717, 1.165) is 12.2 Å². The maximum absolute atomic E-state index is 11.9. The lowest BCUT2D eigenvalue weighted by Gasteiger charge is -2.09. The van der Waals surface area contributed by atoms with Crippen molar-refractivity contribution in [2.24, 2.45) is 0 Å². The van der Waals surface area contributed by atoms with Crippen LogP contribution >= 0.6 is 0 Å². The summed E-state index contributed by atoms with van der Waals surface area (Å²) in [4.78, 5) is 26.6. The van der Waals surface area contributed by atoms with Crippen LogP contribution in [0.2, 0.25) is 0 Å². The Morgan fingerprint density at radius 1 is 0.744 bits per heavy atom. The van der Waals surface area contributed by atoms with Crippen molar-refractivity contribution in [3.8, 4) is 0 Å². The van der Waals surface area contributed by atoms with Gasteiger partial charge < -0.3 is 43.2 Å². The molecule has 1 aromatic rings. The average molecular weight is 557 g/mol. The smallest absolute Gasteiger partial charge is 0.269 e. The Balaban J connectivity index is 1.72. The highest BCUT2D eigenvalue weighted by molar-refractivity contribution is 5.92. The quantitative estimate of drug-likeness (QED) is 0.0918. The first-order valence-electron chi connectivity index (χ1n) is 13.2. The van der Waals surface area contributed by atoms with Gasteiger partial charge in [0.05, 0.1) is 98.3 Å². The molecule has 0 radical (unpaired) electrons. The zero-order valence-corrected chi connectivity index (χ0v) is 23.1. The monoisotopic (exact) mass is 556 g/mol. The molecule has 1 aromatic heterocycles. The molecule has 0 atom stereocenters. The number of rotatable bonds is 28. The number of amides is 1. The van der Waals surface area contributed by atoms with Gasteiger partial charge in [0.2, 0.25) is 0 Å². The van der Waals surface area contributed by atoms with E-state index in [1.54, 1.807) is 12.1 Å². The molecule has 0 aliphatic rings. The number of allylic oxidation sites excluding steroid dienone is 1. The number of ether oxygens (including phenoxy) is 8. The lowest BCUT2D eigenvalue weighted by atomic mass is 10.3. The molecule has 0 spiro atoms. The molecule has 1 N–H and O–H groups in total. The van der Waals surface area contributed by atoms with Crippen molar-refractivity contribution in [1.82, 2.24) is 10.3 Å². The van der Waals surface area contributed by atoms with Crippen LogP contribution in [0.3, 0.4) is 0 Å². The molecule has 0 bridgehead atoms. The molecule has 222 valence electrons. The molecule has 0 saturated heterocycles. The number of pyridine rings is 1. The van der Waals surface area contributed by atoms with Crippen LogP contribution in [0.15, 0.2) is 30.5 Å². The average Bonchev–Trinajstić information content (AvgIpc) is 2.96. The first-order chi connectivity index (χ1) is 19.2. The van der Waals surface area contributed by atoms with Gasteiger partial charge >= 0.3 is 0 Å². The van der Waals surface area contributed by atoms with E-state index >= 15 is 0 Å². The zero-order chi connectivity index (χ0) is 28.2.